The lowest BCUT2D eigenvalue weighted by molar-refractivity contribution is 0.600. The van der Waals surface area contributed by atoms with Crippen LogP contribution >= 0.6 is 0 Å². The summed E-state index contributed by atoms with van der Waals surface area (Å²) in [7, 11) is -7.11. The molecule has 0 aromatic heterocycles. The first-order valence-corrected chi connectivity index (χ1v) is 13.1. The largest absolute Gasteiger partial charge is 0.371 e. The van der Waals surface area contributed by atoms with Crippen LogP contribution < -0.4 is 10.2 Å². The lowest BCUT2D eigenvalue weighted by atomic mass is 10.2. The maximum absolute atomic E-state index is 12.2. The van der Waals surface area contributed by atoms with Gasteiger partial charge in [0.05, 0.1) is 15.5 Å². The highest BCUT2D eigenvalue weighted by Gasteiger charge is 2.18. The van der Waals surface area contributed by atoms with Crippen molar-refractivity contribution in [3.05, 3.63) is 42.5 Å². The van der Waals surface area contributed by atoms with Gasteiger partial charge < -0.3 is 10.2 Å². The number of hydrogen-bond acceptors (Lipinski definition) is 6. The van der Waals surface area contributed by atoms with E-state index < -0.39 is 19.7 Å². The average molecular weight is 423 g/mol. The number of nitrogens with zero attached hydrogens (tertiary/aromatic N) is 1. The van der Waals surface area contributed by atoms with E-state index in [0.717, 1.165) is 37.0 Å². The molecule has 0 atom stereocenters. The standard InChI is InChI=1S/C20H26N2O4S2/c1-27(23,24)18-10-11-19(20(15-18)28(2,25)26)21-16-8-7-9-17(14-16)22-12-5-3-4-6-13-22/h7-11,14-15,21H,3-6,12-13H2,1-2H3. The van der Waals surface area contributed by atoms with E-state index in [1.807, 2.05) is 18.2 Å². The zero-order valence-electron chi connectivity index (χ0n) is 16.2. The van der Waals surface area contributed by atoms with Crippen molar-refractivity contribution < 1.29 is 16.8 Å². The van der Waals surface area contributed by atoms with Crippen molar-refractivity contribution in [2.24, 2.45) is 0 Å². The SMILES string of the molecule is CS(=O)(=O)c1ccc(Nc2cccc(N3CCCCCC3)c2)c(S(C)(=O)=O)c1. The fourth-order valence-corrected chi connectivity index (χ4v) is 4.99. The molecule has 1 saturated heterocycles. The summed E-state index contributed by atoms with van der Waals surface area (Å²) in [5, 5.41) is 3.15. The minimum Gasteiger partial charge on any atom is -0.371 e. The molecule has 8 heteroatoms. The normalized spacial score (nSPS) is 15.9. The van der Waals surface area contributed by atoms with Crippen LogP contribution in [0.5, 0.6) is 0 Å². The van der Waals surface area contributed by atoms with Crippen molar-refractivity contribution in [1.29, 1.82) is 0 Å². The number of anilines is 3. The molecule has 1 aliphatic heterocycles. The molecule has 1 fully saturated rings. The van der Waals surface area contributed by atoms with Crippen LogP contribution in [-0.2, 0) is 19.7 Å². The van der Waals surface area contributed by atoms with Crippen LogP contribution in [-0.4, -0.2) is 42.4 Å². The van der Waals surface area contributed by atoms with Crippen molar-refractivity contribution in [2.45, 2.75) is 35.5 Å². The molecule has 28 heavy (non-hydrogen) atoms. The smallest absolute Gasteiger partial charge is 0.177 e. The number of nitrogens with one attached hydrogen (secondary N) is 1. The highest BCUT2D eigenvalue weighted by molar-refractivity contribution is 7.91. The second-order valence-corrected chi connectivity index (χ2v) is 11.3. The number of rotatable bonds is 5. The van der Waals surface area contributed by atoms with Gasteiger partial charge in [0.1, 0.15) is 0 Å². The highest BCUT2D eigenvalue weighted by atomic mass is 32.2. The Morgan fingerprint density at radius 2 is 1.50 bits per heavy atom. The van der Waals surface area contributed by atoms with Crippen LogP contribution in [0.3, 0.4) is 0 Å². The van der Waals surface area contributed by atoms with E-state index >= 15 is 0 Å². The maximum Gasteiger partial charge on any atom is 0.177 e. The van der Waals surface area contributed by atoms with Crippen LogP contribution in [0.1, 0.15) is 25.7 Å². The van der Waals surface area contributed by atoms with Gasteiger partial charge in [-0.05, 0) is 49.2 Å². The minimum atomic E-state index is -3.61. The molecule has 0 unspecified atom stereocenters. The Kier molecular flexibility index (Phi) is 6.00. The molecule has 1 heterocycles. The first kappa shape index (κ1) is 20.7. The number of benzene rings is 2. The summed E-state index contributed by atoms with van der Waals surface area (Å²) in [4.78, 5) is 2.30. The molecular formula is C20H26N2O4S2. The van der Waals surface area contributed by atoms with E-state index in [9.17, 15) is 16.8 Å². The molecule has 3 rings (SSSR count). The average Bonchev–Trinajstić information content (AvgIpc) is 2.90. The molecule has 152 valence electrons. The number of sulfone groups is 2. The van der Waals surface area contributed by atoms with Crippen molar-refractivity contribution in [3.8, 4) is 0 Å². The molecule has 2 aromatic rings. The summed E-state index contributed by atoms with van der Waals surface area (Å²) in [6.07, 6.45) is 6.97. The van der Waals surface area contributed by atoms with Gasteiger partial charge in [0.15, 0.2) is 19.7 Å². The zero-order chi connectivity index (χ0) is 20.4. The van der Waals surface area contributed by atoms with Crippen LogP contribution in [0.2, 0.25) is 0 Å². The lowest BCUT2D eigenvalue weighted by Gasteiger charge is -2.23. The van der Waals surface area contributed by atoms with Gasteiger partial charge in [-0.25, -0.2) is 16.8 Å². The summed E-state index contributed by atoms with van der Waals surface area (Å²) in [6.45, 7) is 2.03. The van der Waals surface area contributed by atoms with Crippen molar-refractivity contribution in [3.63, 3.8) is 0 Å². The fraction of sp³-hybridized carbons (Fsp3) is 0.400. The van der Waals surface area contributed by atoms with Crippen LogP contribution in [0, 0.1) is 0 Å². The van der Waals surface area contributed by atoms with Gasteiger partial charge >= 0.3 is 0 Å². The summed E-state index contributed by atoms with van der Waals surface area (Å²) in [5.41, 5.74) is 2.22. The maximum atomic E-state index is 12.2. The van der Waals surface area contributed by atoms with E-state index in [4.69, 9.17) is 0 Å². The third-order valence-electron chi connectivity index (χ3n) is 4.88. The van der Waals surface area contributed by atoms with Crippen molar-refractivity contribution in [1.82, 2.24) is 0 Å². The number of hydrogen-bond donors (Lipinski definition) is 1. The van der Waals surface area contributed by atoms with E-state index in [1.165, 1.54) is 43.9 Å². The second-order valence-electron chi connectivity index (χ2n) is 7.28. The summed E-state index contributed by atoms with van der Waals surface area (Å²) < 4.78 is 48.1. The van der Waals surface area contributed by atoms with Gasteiger partial charge in [0.2, 0.25) is 0 Å². The third kappa shape index (κ3) is 5.05. The van der Waals surface area contributed by atoms with Gasteiger partial charge in [-0.2, -0.15) is 0 Å². The third-order valence-corrected chi connectivity index (χ3v) is 7.12. The Labute approximate surface area is 167 Å². The molecule has 0 radical (unpaired) electrons. The Morgan fingerprint density at radius 3 is 2.11 bits per heavy atom. The molecule has 0 amide bonds. The molecule has 2 aromatic carbocycles. The minimum absolute atomic E-state index is 0.0169. The van der Waals surface area contributed by atoms with Gasteiger partial charge in [0.25, 0.3) is 0 Å². The van der Waals surface area contributed by atoms with Gasteiger partial charge in [0, 0.05) is 37.0 Å². The molecule has 1 N–H and O–H groups in total. The predicted molar refractivity (Wildman–Crippen MR) is 113 cm³/mol. The lowest BCUT2D eigenvalue weighted by Crippen LogP contribution is -2.23. The summed E-state index contributed by atoms with van der Waals surface area (Å²) >= 11 is 0. The summed E-state index contributed by atoms with van der Waals surface area (Å²) in [5.74, 6) is 0. The topological polar surface area (TPSA) is 83.6 Å². The Morgan fingerprint density at radius 1 is 0.821 bits per heavy atom. The van der Waals surface area contributed by atoms with Gasteiger partial charge in [-0.1, -0.05) is 18.9 Å². The second kappa shape index (κ2) is 8.13. The molecular weight excluding hydrogens is 396 g/mol. The predicted octanol–water partition coefficient (Wildman–Crippen LogP) is 3.62. The zero-order valence-corrected chi connectivity index (χ0v) is 17.8. The van der Waals surface area contributed by atoms with E-state index in [0.29, 0.717) is 5.69 Å². The van der Waals surface area contributed by atoms with E-state index in [1.54, 1.807) is 0 Å². The van der Waals surface area contributed by atoms with Crippen LogP contribution in [0.4, 0.5) is 17.1 Å². The first-order valence-electron chi connectivity index (χ1n) is 9.31. The highest BCUT2D eigenvalue weighted by Crippen LogP contribution is 2.30. The van der Waals surface area contributed by atoms with Gasteiger partial charge in [-0.15, -0.1) is 0 Å². The molecule has 0 spiro atoms. The molecule has 0 saturated carbocycles. The first-order chi connectivity index (χ1) is 13.1. The summed E-state index contributed by atoms with van der Waals surface area (Å²) in [6, 6.07) is 12.0. The Hall–Kier alpha value is -2.06. The van der Waals surface area contributed by atoms with Crippen molar-refractivity contribution >= 4 is 36.7 Å². The molecule has 0 aliphatic carbocycles. The molecule has 1 aliphatic rings. The Bertz CT molecular complexity index is 1060. The van der Waals surface area contributed by atoms with E-state index in [2.05, 4.69) is 16.3 Å². The van der Waals surface area contributed by atoms with Gasteiger partial charge in [-0.3, -0.25) is 0 Å². The monoisotopic (exact) mass is 422 g/mol. The van der Waals surface area contributed by atoms with Crippen LogP contribution in [0.15, 0.2) is 52.3 Å². The molecule has 6 nitrogen and oxygen atoms in total. The van der Waals surface area contributed by atoms with Crippen LogP contribution in [0.25, 0.3) is 0 Å². The van der Waals surface area contributed by atoms with Crippen molar-refractivity contribution in [2.75, 3.05) is 35.8 Å². The van der Waals surface area contributed by atoms with E-state index in [-0.39, 0.29) is 9.79 Å². The fourth-order valence-electron chi connectivity index (χ4n) is 3.41. The Balaban J connectivity index is 1.94. The quantitative estimate of drug-likeness (QED) is 0.792. The molecule has 0 bridgehead atoms.